The van der Waals surface area contributed by atoms with Crippen LogP contribution in [0, 0.1) is 0 Å². The summed E-state index contributed by atoms with van der Waals surface area (Å²) in [5, 5.41) is 3.98. The van der Waals surface area contributed by atoms with Gasteiger partial charge in [0.05, 0.1) is 41.8 Å². The Hall–Kier alpha value is -3.42. The molecule has 27 heavy (non-hydrogen) atoms. The van der Waals surface area contributed by atoms with Crippen LogP contribution < -0.4 is 29.1 Å². The topological polar surface area (TPSA) is 87.6 Å². The first-order chi connectivity index (χ1) is 13.1. The summed E-state index contributed by atoms with van der Waals surface area (Å²) < 4.78 is 26.2. The number of carbonyl (C=O) groups is 1. The zero-order chi connectivity index (χ0) is 19.8. The predicted octanol–water partition coefficient (Wildman–Crippen LogP) is 2.49. The number of carbonyl (C=O) groups excluding carboxylic acids is 1. The molecule has 0 aliphatic carbocycles. The number of hydrazone groups is 1. The predicted molar refractivity (Wildman–Crippen MR) is 101 cm³/mol. The van der Waals surface area contributed by atoms with E-state index in [2.05, 4.69) is 10.5 Å². The molecule has 1 amide bonds. The second kappa shape index (κ2) is 9.33. The highest BCUT2D eigenvalue weighted by atomic mass is 16.5. The third kappa shape index (κ3) is 4.60. The highest BCUT2D eigenvalue weighted by Gasteiger charge is 2.12. The number of ether oxygens (including phenoxy) is 5. The van der Waals surface area contributed by atoms with E-state index in [1.807, 2.05) is 0 Å². The van der Waals surface area contributed by atoms with Crippen molar-refractivity contribution >= 4 is 12.1 Å². The molecule has 0 fully saturated rings. The molecule has 0 aliphatic rings. The molecule has 1 N–H and O–H groups in total. The molecule has 0 radical (unpaired) electrons. The number of hydrogen-bond donors (Lipinski definition) is 1. The number of nitrogens with zero attached hydrogens (tertiary/aromatic N) is 1. The van der Waals surface area contributed by atoms with E-state index in [1.54, 1.807) is 30.3 Å². The van der Waals surface area contributed by atoms with Gasteiger partial charge in [-0.1, -0.05) is 0 Å². The Morgan fingerprint density at radius 2 is 1.33 bits per heavy atom. The van der Waals surface area contributed by atoms with Crippen LogP contribution in [-0.4, -0.2) is 47.7 Å². The zero-order valence-corrected chi connectivity index (χ0v) is 15.9. The van der Waals surface area contributed by atoms with Crippen molar-refractivity contribution in [2.75, 3.05) is 35.5 Å². The van der Waals surface area contributed by atoms with Gasteiger partial charge in [0.15, 0.2) is 23.0 Å². The Kier molecular flexibility index (Phi) is 6.87. The fraction of sp³-hybridized carbons (Fsp3) is 0.263. The summed E-state index contributed by atoms with van der Waals surface area (Å²) >= 11 is 0. The van der Waals surface area contributed by atoms with Crippen LogP contribution in [0.1, 0.15) is 15.9 Å². The molecule has 0 saturated heterocycles. The average molecular weight is 374 g/mol. The smallest absolute Gasteiger partial charge is 0.271 e. The third-order valence-corrected chi connectivity index (χ3v) is 3.75. The molecule has 2 aromatic rings. The van der Waals surface area contributed by atoms with Crippen molar-refractivity contribution in [2.24, 2.45) is 5.10 Å². The fourth-order valence-electron chi connectivity index (χ4n) is 2.36. The summed E-state index contributed by atoms with van der Waals surface area (Å²) in [5.41, 5.74) is 3.45. The van der Waals surface area contributed by atoms with Gasteiger partial charge in [-0.3, -0.25) is 4.79 Å². The molecular formula is C19H22N2O6. The molecule has 0 heterocycles. The molecule has 0 unspecified atom stereocenters. The van der Waals surface area contributed by atoms with Crippen LogP contribution in [0.3, 0.4) is 0 Å². The summed E-state index contributed by atoms with van der Waals surface area (Å²) in [5.74, 6) is 2.17. The van der Waals surface area contributed by atoms with Gasteiger partial charge in [0.2, 0.25) is 0 Å². The molecule has 8 nitrogen and oxygen atoms in total. The van der Waals surface area contributed by atoms with Gasteiger partial charge in [-0.2, -0.15) is 5.10 Å². The van der Waals surface area contributed by atoms with E-state index < -0.39 is 5.91 Å². The largest absolute Gasteiger partial charge is 0.496 e. The highest BCUT2D eigenvalue weighted by molar-refractivity contribution is 5.95. The van der Waals surface area contributed by atoms with Crippen molar-refractivity contribution in [2.45, 2.75) is 0 Å². The second-order valence-electron chi connectivity index (χ2n) is 5.22. The van der Waals surface area contributed by atoms with Crippen molar-refractivity contribution in [1.82, 2.24) is 5.43 Å². The van der Waals surface area contributed by atoms with Crippen LogP contribution >= 0.6 is 0 Å². The fourth-order valence-corrected chi connectivity index (χ4v) is 2.36. The quantitative estimate of drug-likeness (QED) is 0.564. The van der Waals surface area contributed by atoms with E-state index in [9.17, 15) is 4.79 Å². The van der Waals surface area contributed by atoms with Gasteiger partial charge < -0.3 is 23.7 Å². The summed E-state index contributed by atoms with van der Waals surface area (Å²) in [6.07, 6.45) is 1.46. The minimum Gasteiger partial charge on any atom is -0.496 e. The molecule has 0 saturated carbocycles. The summed E-state index contributed by atoms with van der Waals surface area (Å²) in [4.78, 5) is 12.3. The number of amides is 1. The minimum absolute atomic E-state index is 0.379. The van der Waals surface area contributed by atoms with Crippen LogP contribution in [-0.2, 0) is 0 Å². The summed E-state index contributed by atoms with van der Waals surface area (Å²) in [7, 11) is 7.62. The third-order valence-electron chi connectivity index (χ3n) is 3.75. The minimum atomic E-state index is -0.397. The van der Waals surface area contributed by atoms with Crippen LogP contribution in [0.25, 0.3) is 0 Å². The molecule has 2 rings (SSSR count). The summed E-state index contributed by atoms with van der Waals surface area (Å²) in [6, 6.07) is 8.21. The normalized spacial score (nSPS) is 10.4. The Bertz CT molecular complexity index is 835. The molecular weight excluding hydrogens is 352 g/mol. The molecule has 0 bridgehead atoms. The lowest BCUT2D eigenvalue weighted by atomic mass is 10.2. The summed E-state index contributed by atoms with van der Waals surface area (Å²) in [6.45, 7) is 0. The molecule has 8 heteroatoms. The van der Waals surface area contributed by atoms with Crippen LogP contribution in [0.5, 0.6) is 28.7 Å². The zero-order valence-electron chi connectivity index (χ0n) is 15.9. The maximum absolute atomic E-state index is 12.3. The first-order valence-corrected chi connectivity index (χ1v) is 7.93. The lowest BCUT2D eigenvalue weighted by molar-refractivity contribution is 0.0954. The number of methoxy groups -OCH3 is 5. The van der Waals surface area contributed by atoms with Gasteiger partial charge in [-0.05, 0) is 24.3 Å². The van der Waals surface area contributed by atoms with Crippen LogP contribution in [0.15, 0.2) is 35.4 Å². The Morgan fingerprint density at radius 3 is 1.93 bits per heavy atom. The van der Waals surface area contributed by atoms with Gasteiger partial charge in [0.1, 0.15) is 5.75 Å². The molecule has 144 valence electrons. The van der Waals surface area contributed by atoms with E-state index in [0.29, 0.717) is 39.9 Å². The van der Waals surface area contributed by atoms with E-state index in [1.165, 1.54) is 41.8 Å². The van der Waals surface area contributed by atoms with Gasteiger partial charge in [-0.15, -0.1) is 0 Å². The van der Waals surface area contributed by atoms with Crippen LogP contribution in [0.4, 0.5) is 0 Å². The molecule has 0 atom stereocenters. The van der Waals surface area contributed by atoms with Gasteiger partial charge in [-0.25, -0.2) is 5.43 Å². The van der Waals surface area contributed by atoms with E-state index in [0.717, 1.165) is 0 Å². The van der Waals surface area contributed by atoms with E-state index >= 15 is 0 Å². The monoisotopic (exact) mass is 374 g/mol. The average Bonchev–Trinajstić information content (AvgIpc) is 2.72. The Balaban J connectivity index is 2.18. The van der Waals surface area contributed by atoms with Gasteiger partial charge in [0.25, 0.3) is 5.91 Å². The lowest BCUT2D eigenvalue weighted by Crippen LogP contribution is -2.17. The number of nitrogens with one attached hydrogen (secondary N) is 1. The first-order valence-electron chi connectivity index (χ1n) is 7.93. The first kappa shape index (κ1) is 19.9. The molecule has 2 aromatic carbocycles. The maximum atomic E-state index is 12.3. The number of benzene rings is 2. The van der Waals surface area contributed by atoms with E-state index in [4.69, 9.17) is 23.7 Å². The molecule has 0 spiro atoms. The standard InChI is InChI=1S/C19H22N2O6/c1-23-14-7-6-12(8-16(14)25-3)19(22)21-20-11-13-9-17(26-4)18(27-5)10-15(13)24-2/h6-11H,1-5H3,(H,21,22)/b20-11-. The van der Waals surface area contributed by atoms with Gasteiger partial charge in [0, 0.05) is 17.2 Å². The van der Waals surface area contributed by atoms with E-state index in [-0.39, 0.29) is 0 Å². The van der Waals surface area contributed by atoms with Crippen molar-refractivity contribution in [3.05, 3.63) is 41.5 Å². The van der Waals surface area contributed by atoms with Crippen molar-refractivity contribution in [1.29, 1.82) is 0 Å². The molecule has 0 aliphatic heterocycles. The van der Waals surface area contributed by atoms with Crippen molar-refractivity contribution in [3.63, 3.8) is 0 Å². The van der Waals surface area contributed by atoms with Crippen LogP contribution in [0.2, 0.25) is 0 Å². The van der Waals surface area contributed by atoms with Crippen molar-refractivity contribution < 1.29 is 28.5 Å². The Morgan fingerprint density at radius 1 is 0.778 bits per heavy atom. The molecule has 0 aromatic heterocycles. The second-order valence-corrected chi connectivity index (χ2v) is 5.22. The Labute approximate surface area is 157 Å². The maximum Gasteiger partial charge on any atom is 0.271 e. The van der Waals surface area contributed by atoms with Gasteiger partial charge >= 0.3 is 0 Å². The SMILES string of the molecule is COc1cc(OC)c(OC)cc1/C=N\NC(=O)c1ccc(OC)c(OC)c1. The number of rotatable bonds is 8. The van der Waals surface area contributed by atoms with Crippen molar-refractivity contribution in [3.8, 4) is 28.7 Å². The lowest BCUT2D eigenvalue weighted by Gasteiger charge is -2.11. The highest BCUT2D eigenvalue weighted by Crippen LogP contribution is 2.33. The number of hydrogen-bond acceptors (Lipinski definition) is 7.